The molecule has 0 bridgehead atoms. The van der Waals surface area contributed by atoms with Crippen molar-refractivity contribution in [2.75, 3.05) is 0 Å². The lowest BCUT2D eigenvalue weighted by atomic mass is 10.0. The number of carboxylic acid groups (broad SMARTS) is 1. The minimum atomic E-state index is -1.08. The van der Waals surface area contributed by atoms with E-state index in [-0.39, 0.29) is 5.92 Å². The van der Waals surface area contributed by atoms with Crippen molar-refractivity contribution >= 4 is 22.8 Å². The lowest BCUT2D eigenvalue weighted by molar-refractivity contribution is -0.143. The third-order valence-electron chi connectivity index (χ3n) is 4.71. The topological polar surface area (TPSA) is 106 Å². The first-order chi connectivity index (χ1) is 13.6. The normalized spacial score (nSPS) is 13.3. The van der Waals surface area contributed by atoms with Crippen molar-refractivity contribution in [1.82, 2.24) is 5.32 Å². The minimum absolute atomic E-state index is 0.121. The molecule has 0 spiro atoms. The van der Waals surface area contributed by atoms with Gasteiger partial charge in [-0.05, 0) is 50.3 Å². The predicted molar refractivity (Wildman–Crippen MR) is 110 cm³/mol. The Labute approximate surface area is 170 Å². The van der Waals surface area contributed by atoms with Gasteiger partial charge in [-0.15, -0.1) is 0 Å². The van der Waals surface area contributed by atoms with E-state index in [1.165, 1.54) is 6.07 Å². The fraction of sp³-hybridized carbons (Fsp3) is 0.500. The first kappa shape index (κ1) is 22.5. The van der Waals surface area contributed by atoms with Gasteiger partial charge in [0.25, 0.3) is 5.91 Å². The molecule has 0 aliphatic rings. The second kappa shape index (κ2) is 9.58. The number of aliphatic carboxylic acids is 1. The van der Waals surface area contributed by atoms with E-state index in [1.807, 2.05) is 26.8 Å². The average molecular weight is 403 g/mol. The fourth-order valence-electron chi connectivity index (χ4n) is 3.24. The smallest absolute Gasteiger partial charge is 0.336 e. The highest BCUT2D eigenvalue weighted by molar-refractivity contribution is 5.87. The highest BCUT2D eigenvalue weighted by Gasteiger charge is 2.25. The van der Waals surface area contributed by atoms with Gasteiger partial charge in [0, 0.05) is 17.0 Å². The summed E-state index contributed by atoms with van der Waals surface area (Å²) in [6.45, 7) is 9.13. The molecular weight excluding hydrogens is 374 g/mol. The van der Waals surface area contributed by atoms with Gasteiger partial charge in [0.05, 0.1) is 0 Å². The number of fused-ring (bicyclic) bond motifs is 1. The second-order valence-electron chi connectivity index (χ2n) is 7.70. The molecule has 0 unspecified atom stereocenters. The fourth-order valence-corrected chi connectivity index (χ4v) is 3.24. The summed E-state index contributed by atoms with van der Waals surface area (Å²) in [6, 6.07) is 4.09. The third-order valence-corrected chi connectivity index (χ3v) is 4.71. The van der Waals surface area contributed by atoms with E-state index < -0.39 is 29.6 Å². The number of carboxylic acids is 1. The molecule has 2 N–H and O–H groups in total. The molecule has 7 heteroatoms. The van der Waals surface area contributed by atoms with E-state index in [9.17, 15) is 19.5 Å². The number of nitrogens with one attached hydrogen (secondary N) is 1. The second-order valence-corrected chi connectivity index (χ2v) is 7.70. The summed E-state index contributed by atoms with van der Waals surface area (Å²) in [4.78, 5) is 35.7. The molecule has 0 aliphatic heterocycles. The zero-order chi connectivity index (χ0) is 21.7. The molecule has 29 heavy (non-hydrogen) atoms. The molecule has 2 rings (SSSR count). The highest BCUT2D eigenvalue weighted by Crippen LogP contribution is 2.29. The molecule has 0 saturated carbocycles. The first-order valence-corrected chi connectivity index (χ1v) is 9.90. The molecule has 0 fully saturated rings. The molecule has 7 nitrogen and oxygen atoms in total. The maximum absolute atomic E-state index is 12.4. The summed E-state index contributed by atoms with van der Waals surface area (Å²) >= 11 is 0. The van der Waals surface area contributed by atoms with E-state index in [1.54, 1.807) is 19.9 Å². The van der Waals surface area contributed by atoms with E-state index in [2.05, 4.69) is 5.32 Å². The summed E-state index contributed by atoms with van der Waals surface area (Å²) in [7, 11) is 0. The average Bonchev–Trinajstić information content (AvgIpc) is 2.63. The van der Waals surface area contributed by atoms with E-state index in [0.717, 1.165) is 23.8 Å². The molecule has 1 aromatic carbocycles. The van der Waals surface area contributed by atoms with Crippen molar-refractivity contribution in [3.05, 3.63) is 39.7 Å². The molecule has 0 aliphatic carbocycles. The summed E-state index contributed by atoms with van der Waals surface area (Å²) in [6.07, 6.45) is 1.07. The van der Waals surface area contributed by atoms with Crippen LogP contribution in [0.3, 0.4) is 0 Å². The zero-order valence-electron chi connectivity index (χ0n) is 17.6. The Morgan fingerprint density at radius 1 is 1.24 bits per heavy atom. The molecule has 158 valence electrons. The molecule has 0 saturated heterocycles. The van der Waals surface area contributed by atoms with Crippen LogP contribution < -0.4 is 15.7 Å². The lowest BCUT2D eigenvalue weighted by Gasteiger charge is -2.21. The third kappa shape index (κ3) is 5.59. The van der Waals surface area contributed by atoms with Crippen LogP contribution in [0.4, 0.5) is 0 Å². The maximum atomic E-state index is 12.4. The number of carbonyl (C=O) groups excluding carboxylic acids is 1. The van der Waals surface area contributed by atoms with E-state index in [0.29, 0.717) is 23.3 Å². The molecule has 1 aromatic heterocycles. The van der Waals surface area contributed by atoms with Gasteiger partial charge in [-0.1, -0.05) is 27.2 Å². The Morgan fingerprint density at radius 2 is 1.93 bits per heavy atom. The van der Waals surface area contributed by atoms with Crippen molar-refractivity contribution in [3.63, 3.8) is 0 Å². The number of benzene rings is 1. The Hall–Kier alpha value is -2.83. The van der Waals surface area contributed by atoms with Crippen LogP contribution in [-0.4, -0.2) is 29.1 Å². The van der Waals surface area contributed by atoms with E-state index >= 15 is 0 Å². The number of aryl methyl sites for hydroxylation is 2. The van der Waals surface area contributed by atoms with Crippen LogP contribution in [0.5, 0.6) is 5.75 Å². The summed E-state index contributed by atoms with van der Waals surface area (Å²) in [5, 5.41) is 12.7. The summed E-state index contributed by atoms with van der Waals surface area (Å²) in [5.74, 6) is -1.06. The van der Waals surface area contributed by atoms with Gasteiger partial charge < -0.3 is 19.6 Å². The summed E-state index contributed by atoms with van der Waals surface area (Å²) < 4.78 is 11.2. The van der Waals surface area contributed by atoms with Crippen LogP contribution in [0, 0.1) is 12.8 Å². The zero-order valence-corrected chi connectivity index (χ0v) is 17.6. The monoisotopic (exact) mass is 403 g/mol. The standard InChI is InChI=1S/C22H29NO6/c1-6-7-15-11-19(24)29-20-13(4)18(9-8-16(15)20)28-14(5)21(25)23-17(22(26)27)10-12(2)3/h8-9,11-12,14,17H,6-7,10H2,1-5H3,(H,23,25)(H,26,27)/t14-,17-/m1/s1. The quantitative estimate of drug-likeness (QED) is 0.621. The van der Waals surface area contributed by atoms with Gasteiger partial charge in [0.2, 0.25) is 0 Å². The molecule has 0 radical (unpaired) electrons. The van der Waals surface area contributed by atoms with Gasteiger partial charge in [-0.3, -0.25) is 4.79 Å². The van der Waals surface area contributed by atoms with Crippen LogP contribution in [-0.2, 0) is 16.0 Å². The van der Waals surface area contributed by atoms with E-state index in [4.69, 9.17) is 9.15 Å². The van der Waals surface area contributed by atoms with Gasteiger partial charge in [-0.2, -0.15) is 0 Å². The van der Waals surface area contributed by atoms with Crippen molar-refractivity contribution in [2.45, 2.75) is 66.0 Å². The molecule has 2 aromatic rings. The number of hydrogen-bond donors (Lipinski definition) is 2. The molecule has 1 heterocycles. The maximum Gasteiger partial charge on any atom is 0.336 e. The van der Waals surface area contributed by atoms with Crippen molar-refractivity contribution in [1.29, 1.82) is 0 Å². The number of ether oxygens (including phenoxy) is 1. The number of rotatable bonds is 9. The highest BCUT2D eigenvalue weighted by atomic mass is 16.5. The largest absolute Gasteiger partial charge is 0.480 e. The van der Waals surface area contributed by atoms with Crippen LogP contribution >= 0.6 is 0 Å². The molecular formula is C22H29NO6. The van der Waals surface area contributed by atoms with Gasteiger partial charge in [0.15, 0.2) is 6.10 Å². The predicted octanol–water partition coefficient (Wildman–Crippen LogP) is 3.44. The number of hydrogen-bond acceptors (Lipinski definition) is 5. The van der Waals surface area contributed by atoms with Crippen molar-refractivity contribution in [2.24, 2.45) is 5.92 Å². The van der Waals surface area contributed by atoms with Gasteiger partial charge in [0.1, 0.15) is 17.4 Å². The number of amides is 1. The summed E-state index contributed by atoms with van der Waals surface area (Å²) in [5.41, 5.74) is 1.55. The Balaban J connectivity index is 2.24. The lowest BCUT2D eigenvalue weighted by Crippen LogP contribution is -2.46. The van der Waals surface area contributed by atoms with Crippen LogP contribution in [0.1, 0.15) is 51.7 Å². The Morgan fingerprint density at radius 3 is 2.52 bits per heavy atom. The van der Waals surface area contributed by atoms with Crippen LogP contribution in [0.15, 0.2) is 27.4 Å². The minimum Gasteiger partial charge on any atom is -0.480 e. The molecule has 1 amide bonds. The van der Waals surface area contributed by atoms with Crippen LogP contribution in [0.25, 0.3) is 11.0 Å². The number of carbonyl (C=O) groups is 2. The van der Waals surface area contributed by atoms with Gasteiger partial charge in [-0.25, -0.2) is 9.59 Å². The van der Waals surface area contributed by atoms with Gasteiger partial charge >= 0.3 is 11.6 Å². The molecule has 2 atom stereocenters. The Bertz CT molecular complexity index is 946. The van der Waals surface area contributed by atoms with Crippen molar-refractivity contribution < 1.29 is 23.8 Å². The van der Waals surface area contributed by atoms with Crippen molar-refractivity contribution in [3.8, 4) is 5.75 Å². The van der Waals surface area contributed by atoms with Crippen LogP contribution in [0.2, 0.25) is 0 Å². The SMILES string of the molecule is CCCc1cc(=O)oc2c(C)c(O[C@H](C)C(=O)N[C@H](CC(C)C)C(=O)O)ccc12. The Kier molecular flexibility index (Phi) is 7.42. The first-order valence-electron chi connectivity index (χ1n) is 9.90.